The predicted octanol–water partition coefficient (Wildman–Crippen LogP) is 6.26. The topological polar surface area (TPSA) is 81.9 Å². The lowest BCUT2D eigenvalue weighted by atomic mass is 10.1. The van der Waals surface area contributed by atoms with Crippen LogP contribution in [0.2, 0.25) is 0 Å². The zero-order chi connectivity index (χ0) is 23.3. The van der Waals surface area contributed by atoms with Crippen molar-refractivity contribution in [3.05, 3.63) is 66.1 Å². The Kier molecular flexibility index (Phi) is 4.73. The van der Waals surface area contributed by atoms with Gasteiger partial charge in [0.1, 0.15) is 5.52 Å². The third-order valence-corrected chi connectivity index (χ3v) is 5.33. The number of benzene rings is 2. The Hall–Kier alpha value is -4.08. The molecule has 5 aromatic rings. The van der Waals surface area contributed by atoms with Gasteiger partial charge in [-0.05, 0) is 43.3 Å². The van der Waals surface area contributed by atoms with Crippen molar-refractivity contribution in [3.63, 3.8) is 0 Å². The molecule has 10 heteroatoms. The van der Waals surface area contributed by atoms with E-state index in [0.717, 1.165) is 17.7 Å². The van der Waals surface area contributed by atoms with Gasteiger partial charge in [0, 0.05) is 25.2 Å². The van der Waals surface area contributed by atoms with Crippen LogP contribution in [0, 0.1) is 13.8 Å². The van der Waals surface area contributed by atoms with Crippen LogP contribution in [0.4, 0.5) is 24.5 Å². The van der Waals surface area contributed by atoms with Crippen molar-refractivity contribution in [1.82, 2.24) is 19.5 Å². The van der Waals surface area contributed by atoms with Crippen LogP contribution in [0.5, 0.6) is 0 Å². The van der Waals surface area contributed by atoms with Crippen molar-refractivity contribution in [1.29, 1.82) is 0 Å². The third kappa shape index (κ3) is 3.73. The molecule has 168 valence electrons. The van der Waals surface area contributed by atoms with Gasteiger partial charge in [-0.2, -0.15) is 13.2 Å². The Morgan fingerprint density at radius 2 is 1.79 bits per heavy atom. The molecular formula is C23H18F3N5O2. The van der Waals surface area contributed by atoms with E-state index in [1.165, 1.54) is 6.39 Å². The standard InChI is InChI=1S/C23H18F3N5O2/c1-12-21(32-11-28-12)22-30-20-17(8-15(23(24,25)26)9-18(20)31(22)3)29-16-6-4-14(5-7-16)19-10-27-13(2)33-19/h4-11,29H,1-3H3. The highest BCUT2D eigenvalue weighted by Crippen LogP contribution is 2.38. The van der Waals surface area contributed by atoms with Crippen molar-refractivity contribution in [2.45, 2.75) is 20.0 Å². The Morgan fingerprint density at radius 3 is 2.39 bits per heavy atom. The summed E-state index contributed by atoms with van der Waals surface area (Å²) in [5, 5.41) is 3.08. The molecule has 2 aromatic carbocycles. The Balaban J connectivity index is 1.60. The minimum atomic E-state index is -4.52. The Labute approximate surface area is 185 Å². The first kappa shape index (κ1) is 20.8. The number of hydrogen-bond acceptors (Lipinski definition) is 6. The van der Waals surface area contributed by atoms with Crippen LogP contribution in [0.15, 0.2) is 57.8 Å². The summed E-state index contributed by atoms with van der Waals surface area (Å²) < 4.78 is 53.5. The van der Waals surface area contributed by atoms with E-state index in [0.29, 0.717) is 45.7 Å². The fourth-order valence-electron chi connectivity index (χ4n) is 3.63. The number of anilines is 2. The zero-order valence-electron chi connectivity index (χ0n) is 17.9. The van der Waals surface area contributed by atoms with E-state index in [4.69, 9.17) is 8.83 Å². The van der Waals surface area contributed by atoms with Gasteiger partial charge in [-0.25, -0.2) is 15.0 Å². The number of rotatable bonds is 4. The molecule has 0 aliphatic carbocycles. The molecule has 5 rings (SSSR count). The molecule has 0 spiro atoms. The summed E-state index contributed by atoms with van der Waals surface area (Å²) in [4.78, 5) is 12.7. The summed E-state index contributed by atoms with van der Waals surface area (Å²) in [6.07, 6.45) is -1.62. The largest absolute Gasteiger partial charge is 0.441 e. The van der Waals surface area contributed by atoms with Gasteiger partial charge in [-0.15, -0.1) is 0 Å². The highest BCUT2D eigenvalue weighted by molar-refractivity contribution is 5.93. The Morgan fingerprint density at radius 1 is 1.03 bits per heavy atom. The number of oxazole rings is 2. The van der Waals surface area contributed by atoms with Gasteiger partial charge in [0.25, 0.3) is 0 Å². The Bertz CT molecular complexity index is 1460. The maximum Gasteiger partial charge on any atom is 0.416 e. The average Bonchev–Trinajstić information content (AvgIpc) is 3.47. The molecule has 0 radical (unpaired) electrons. The molecule has 0 saturated carbocycles. The van der Waals surface area contributed by atoms with Crippen molar-refractivity contribution >= 4 is 22.4 Å². The van der Waals surface area contributed by atoms with Gasteiger partial charge < -0.3 is 18.7 Å². The van der Waals surface area contributed by atoms with Crippen LogP contribution in [0.25, 0.3) is 33.9 Å². The van der Waals surface area contributed by atoms with Crippen LogP contribution in [-0.4, -0.2) is 19.5 Å². The molecule has 0 atom stereocenters. The first-order chi connectivity index (χ1) is 15.7. The number of nitrogens with zero attached hydrogens (tertiary/aromatic N) is 4. The molecule has 1 N–H and O–H groups in total. The number of hydrogen-bond donors (Lipinski definition) is 1. The molecule has 33 heavy (non-hydrogen) atoms. The molecule has 3 heterocycles. The monoisotopic (exact) mass is 453 g/mol. The van der Waals surface area contributed by atoms with Crippen LogP contribution in [0.1, 0.15) is 17.1 Å². The van der Waals surface area contributed by atoms with Crippen LogP contribution in [0.3, 0.4) is 0 Å². The van der Waals surface area contributed by atoms with E-state index in [2.05, 4.69) is 20.3 Å². The summed E-state index contributed by atoms with van der Waals surface area (Å²) in [7, 11) is 1.64. The van der Waals surface area contributed by atoms with E-state index in [1.807, 2.05) is 0 Å². The molecule has 3 aromatic heterocycles. The fraction of sp³-hybridized carbons (Fsp3) is 0.174. The minimum Gasteiger partial charge on any atom is -0.441 e. The summed E-state index contributed by atoms with van der Waals surface area (Å²) in [6.45, 7) is 3.50. The molecule has 0 aliphatic rings. The van der Waals surface area contributed by atoms with E-state index in [1.54, 1.807) is 55.9 Å². The summed E-state index contributed by atoms with van der Waals surface area (Å²) in [5.41, 5.74) is 2.13. The second kappa shape index (κ2) is 7.51. The van der Waals surface area contributed by atoms with Crippen molar-refractivity contribution in [2.24, 2.45) is 7.05 Å². The molecule has 0 unspecified atom stereocenters. The number of imidazole rings is 1. The molecule has 0 saturated heterocycles. The van der Waals surface area contributed by atoms with E-state index >= 15 is 0 Å². The maximum absolute atomic E-state index is 13.7. The highest BCUT2D eigenvalue weighted by atomic mass is 19.4. The third-order valence-electron chi connectivity index (χ3n) is 5.33. The molecular weight excluding hydrogens is 435 g/mol. The molecule has 0 fully saturated rings. The smallest absolute Gasteiger partial charge is 0.416 e. The van der Waals surface area contributed by atoms with Gasteiger partial charge in [0.15, 0.2) is 29.6 Å². The van der Waals surface area contributed by atoms with Gasteiger partial charge >= 0.3 is 6.18 Å². The second-order valence-corrected chi connectivity index (χ2v) is 7.60. The molecule has 0 bridgehead atoms. The minimum absolute atomic E-state index is 0.224. The number of halogens is 3. The lowest BCUT2D eigenvalue weighted by Gasteiger charge is -2.12. The van der Waals surface area contributed by atoms with E-state index in [9.17, 15) is 13.2 Å². The SMILES string of the molecule is Cc1ncc(-c2ccc(Nc3cc(C(F)(F)F)cc4c3nc(-c3ocnc3C)n4C)cc2)o1. The highest BCUT2D eigenvalue weighted by Gasteiger charge is 2.32. The summed E-state index contributed by atoms with van der Waals surface area (Å²) >= 11 is 0. The normalized spacial score (nSPS) is 11.9. The number of aromatic nitrogens is 4. The summed E-state index contributed by atoms with van der Waals surface area (Å²) in [6, 6.07) is 9.25. The number of alkyl halides is 3. The van der Waals surface area contributed by atoms with Gasteiger partial charge in [-0.3, -0.25) is 0 Å². The van der Waals surface area contributed by atoms with Crippen molar-refractivity contribution < 1.29 is 22.0 Å². The molecule has 0 aliphatic heterocycles. The lowest BCUT2D eigenvalue weighted by Crippen LogP contribution is -2.06. The summed E-state index contributed by atoms with van der Waals surface area (Å²) in [5.74, 6) is 1.95. The fourth-order valence-corrected chi connectivity index (χ4v) is 3.63. The molecule has 0 amide bonds. The van der Waals surface area contributed by atoms with Gasteiger partial charge in [0.2, 0.25) is 0 Å². The number of nitrogens with one attached hydrogen (secondary N) is 1. The first-order valence-corrected chi connectivity index (χ1v) is 9.99. The van der Waals surface area contributed by atoms with Crippen LogP contribution in [-0.2, 0) is 13.2 Å². The average molecular weight is 453 g/mol. The van der Waals surface area contributed by atoms with Crippen LogP contribution < -0.4 is 5.32 Å². The first-order valence-electron chi connectivity index (χ1n) is 9.99. The zero-order valence-corrected chi connectivity index (χ0v) is 17.9. The van der Waals surface area contributed by atoms with E-state index < -0.39 is 11.7 Å². The van der Waals surface area contributed by atoms with Crippen molar-refractivity contribution in [3.8, 4) is 22.9 Å². The lowest BCUT2D eigenvalue weighted by molar-refractivity contribution is -0.137. The maximum atomic E-state index is 13.7. The number of aryl methyl sites for hydroxylation is 3. The predicted molar refractivity (Wildman–Crippen MR) is 116 cm³/mol. The van der Waals surface area contributed by atoms with Crippen molar-refractivity contribution in [2.75, 3.05) is 5.32 Å². The quantitative estimate of drug-likeness (QED) is 0.346. The second-order valence-electron chi connectivity index (χ2n) is 7.60. The van der Waals surface area contributed by atoms with Crippen LogP contribution >= 0.6 is 0 Å². The molecule has 7 nitrogen and oxygen atoms in total. The van der Waals surface area contributed by atoms with Gasteiger partial charge in [0.05, 0.1) is 28.7 Å². The number of fused-ring (bicyclic) bond motifs is 1. The van der Waals surface area contributed by atoms with Gasteiger partial charge in [-0.1, -0.05) is 0 Å². The van der Waals surface area contributed by atoms with E-state index in [-0.39, 0.29) is 5.69 Å².